The van der Waals surface area contributed by atoms with Gasteiger partial charge in [-0.15, -0.1) is 0 Å². The summed E-state index contributed by atoms with van der Waals surface area (Å²) in [6, 6.07) is 0.133. The van der Waals surface area contributed by atoms with Crippen LogP contribution in [0.15, 0.2) is 0 Å². The molecule has 1 rings (SSSR count). The van der Waals surface area contributed by atoms with Gasteiger partial charge >= 0.3 is 0 Å². The predicted molar refractivity (Wildman–Crippen MR) is 74.3 cm³/mol. The van der Waals surface area contributed by atoms with Crippen LogP contribution in [0.4, 0.5) is 0 Å². The van der Waals surface area contributed by atoms with Crippen molar-refractivity contribution in [2.75, 3.05) is 38.2 Å². The number of rotatable bonds is 5. The van der Waals surface area contributed by atoms with E-state index in [0.717, 1.165) is 38.4 Å². The molecule has 0 aromatic carbocycles. The number of piperazine rings is 1. The first kappa shape index (κ1) is 14.8. The van der Waals surface area contributed by atoms with Gasteiger partial charge < -0.3 is 10.6 Å². The summed E-state index contributed by atoms with van der Waals surface area (Å²) in [5.74, 6) is 1.08. The van der Waals surface area contributed by atoms with Crippen LogP contribution in [0.2, 0.25) is 0 Å². The van der Waals surface area contributed by atoms with E-state index in [0.29, 0.717) is 6.04 Å². The number of amides is 1. The van der Waals surface area contributed by atoms with Gasteiger partial charge in [-0.25, -0.2) is 0 Å². The first-order valence-corrected chi connectivity index (χ1v) is 7.76. The van der Waals surface area contributed by atoms with Gasteiger partial charge in [0.05, 0.1) is 6.04 Å². The van der Waals surface area contributed by atoms with E-state index in [2.05, 4.69) is 18.7 Å². The first-order chi connectivity index (χ1) is 8.10. The van der Waals surface area contributed by atoms with Gasteiger partial charge in [-0.05, 0) is 31.9 Å². The van der Waals surface area contributed by atoms with Crippen molar-refractivity contribution in [3.05, 3.63) is 0 Å². The highest BCUT2D eigenvalue weighted by Crippen LogP contribution is 2.11. The average Bonchev–Trinajstić information content (AvgIpc) is 2.34. The van der Waals surface area contributed by atoms with E-state index in [1.165, 1.54) is 0 Å². The molecule has 4 nitrogen and oxygen atoms in total. The molecule has 17 heavy (non-hydrogen) atoms. The lowest BCUT2D eigenvalue weighted by Gasteiger charge is -2.40. The molecule has 0 radical (unpaired) electrons. The molecule has 5 heteroatoms. The normalized spacial score (nSPS) is 23.8. The van der Waals surface area contributed by atoms with E-state index in [4.69, 9.17) is 5.73 Å². The Kier molecular flexibility index (Phi) is 6.30. The molecule has 0 bridgehead atoms. The molecule has 0 spiro atoms. The van der Waals surface area contributed by atoms with Gasteiger partial charge in [-0.2, -0.15) is 11.8 Å². The summed E-state index contributed by atoms with van der Waals surface area (Å²) in [5.41, 5.74) is 5.93. The molecule has 1 amide bonds. The Bertz CT molecular complexity index is 250. The lowest BCUT2D eigenvalue weighted by Crippen LogP contribution is -2.56. The monoisotopic (exact) mass is 259 g/mol. The zero-order valence-electron chi connectivity index (χ0n) is 11.2. The zero-order chi connectivity index (χ0) is 12.8. The topological polar surface area (TPSA) is 49.6 Å². The number of thioether (sulfide) groups is 1. The number of likely N-dealkylation sites (N-methyl/N-ethyl adjacent to an activating group) is 1. The number of hydrogen-bond donors (Lipinski definition) is 1. The molecule has 100 valence electrons. The van der Waals surface area contributed by atoms with Gasteiger partial charge in [-0.3, -0.25) is 9.69 Å². The van der Waals surface area contributed by atoms with E-state index in [9.17, 15) is 4.79 Å². The first-order valence-electron chi connectivity index (χ1n) is 6.37. The molecule has 2 atom stereocenters. The van der Waals surface area contributed by atoms with Crippen molar-refractivity contribution in [2.24, 2.45) is 5.73 Å². The number of nitrogens with zero attached hydrogens (tertiary/aromatic N) is 2. The molecule has 0 saturated carbocycles. The van der Waals surface area contributed by atoms with E-state index in [1.807, 2.05) is 11.2 Å². The van der Waals surface area contributed by atoms with Crippen LogP contribution in [0.3, 0.4) is 0 Å². The van der Waals surface area contributed by atoms with Crippen molar-refractivity contribution >= 4 is 17.7 Å². The second kappa shape index (κ2) is 7.24. The Labute approximate surface area is 109 Å². The molecule has 1 saturated heterocycles. The summed E-state index contributed by atoms with van der Waals surface area (Å²) in [6.45, 7) is 8.01. The van der Waals surface area contributed by atoms with Crippen molar-refractivity contribution in [3.63, 3.8) is 0 Å². The molecule has 1 unspecified atom stereocenters. The van der Waals surface area contributed by atoms with Gasteiger partial charge in [0.2, 0.25) is 5.91 Å². The largest absolute Gasteiger partial charge is 0.339 e. The number of hydrogen-bond acceptors (Lipinski definition) is 4. The Morgan fingerprint density at radius 3 is 2.76 bits per heavy atom. The van der Waals surface area contributed by atoms with Crippen LogP contribution in [0.5, 0.6) is 0 Å². The van der Waals surface area contributed by atoms with Crippen LogP contribution in [0.1, 0.15) is 20.3 Å². The molecule has 1 fully saturated rings. The summed E-state index contributed by atoms with van der Waals surface area (Å²) >= 11 is 1.74. The Balaban J connectivity index is 2.43. The third kappa shape index (κ3) is 4.16. The fraction of sp³-hybridized carbons (Fsp3) is 0.917. The van der Waals surface area contributed by atoms with Crippen LogP contribution in [0.25, 0.3) is 0 Å². The highest BCUT2D eigenvalue weighted by molar-refractivity contribution is 7.98. The van der Waals surface area contributed by atoms with Gasteiger partial charge in [0, 0.05) is 25.7 Å². The molecule has 1 aliphatic rings. The van der Waals surface area contributed by atoms with Gasteiger partial charge in [0.1, 0.15) is 0 Å². The van der Waals surface area contributed by atoms with Crippen molar-refractivity contribution in [1.82, 2.24) is 9.80 Å². The number of carbonyl (C=O) groups excluding carboxylic acids is 1. The number of nitrogens with two attached hydrogens (primary N) is 1. The van der Waals surface area contributed by atoms with Crippen LogP contribution in [0, 0.1) is 0 Å². The summed E-state index contributed by atoms with van der Waals surface area (Å²) in [4.78, 5) is 16.5. The fourth-order valence-corrected chi connectivity index (χ4v) is 2.76. The van der Waals surface area contributed by atoms with E-state index in [-0.39, 0.29) is 11.9 Å². The third-order valence-corrected chi connectivity index (χ3v) is 4.08. The molecule has 0 aromatic rings. The average molecular weight is 259 g/mol. The molecule has 0 aromatic heterocycles. The maximum absolute atomic E-state index is 12.1. The molecule has 2 N–H and O–H groups in total. The maximum Gasteiger partial charge on any atom is 0.239 e. The Morgan fingerprint density at radius 1 is 1.53 bits per heavy atom. The van der Waals surface area contributed by atoms with Gasteiger partial charge in [0.25, 0.3) is 0 Å². The second-order valence-corrected chi connectivity index (χ2v) is 5.64. The van der Waals surface area contributed by atoms with E-state index < -0.39 is 0 Å². The van der Waals surface area contributed by atoms with Crippen LogP contribution >= 0.6 is 11.8 Å². The Hall–Kier alpha value is -0.260. The van der Waals surface area contributed by atoms with Gasteiger partial charge in [0.15, 0.2) is 0 Å². The summed E-state index contributed by atoms with van der Waals surface area (Å²) in [6.07, 6.45) is 2.82. The molecule has 1 heterocycles. The maximum atomic E-state index is 12.1. The van der Waals surface area contributed by atoms with Crippen LogP contribution in [-0.4, -0.2) is 66.0 Å². The predicted octanol–water partition coefficient (Wildman–Crippen LogP) is 0.619. The minimum absolute atomic E-state index is 0.127. The lowest BCUT2D eigenvalue weighted by molar-refractivity contribution is -0.135. The highest BCUT2D eigenvalue weighted by Gasteiger charge is 2.28. The second-order valence-electron chi connectivity index (χ2n) is 4.65. The van der Waals surface area contributed by atoms with Crippen LogP contribution < -0.4 is 5.73 Å². The summed E-state index contributed by atoms with van der Waals surface area (Å²) < 4.78 is 0. The SMILES string of the molecule is CCN1CCN(C(=O)[C@H](N)CCSC)CC1C. The third-order valence-electron chi connectivity index (χ3n) is 3.43. The van der Waals surface area contributed by atoms with Crippen molar-refractivity contribution in [2.45, 2.75) is 32.4 Å². The molecule has 1 aliphatic heterocycles. The minimum atomic E-state index is -0.317. The van der Waals surface area contributed by atoms with Crippen molar-refractivity contribution < 1.29 is 4.79 Å². The minimum Gasteiger partial charge on any atom is -0.339 e. The molecule has 0 aliphatic carbocycles. The van der Waals surface area contributed by atoms with Crippen molar-refractivity contribution in [3.8, 4) is 0 Å². The standard InChI is InChI=1S/C12H25N3OS/c1-4-14-6-7-15(9-10(14)2)12(16)11(13)5-8-17-3/h10-11H,4-9,13H2,1-3H3/t10?,11-/m1/s1. The van der Waals surface area contributed by atoms with Gasteiger partial charge in [-0.1, -0.05) is 6.92 Å². The summed E-state index contributed by atoms with van der Waals surface area (Å²) in [5, 5.41) is 0. The smallest absolute Gasteiger partial charge is 0.239 e. The molecular formula is C12H25N3OS. The Morgan fingerprint density at radius 2 is 2.24 bits per heavy atom. The lowest BCUT2D eigenvalue weighted by atomic mass is 10.1. The van der Waals surface area contributed by atoms with Crippen molar-refractivity contribution in [1.29, 1.82) is 0 Å². The highest BCUT2D eigenvalue weighted by atomic mass is 32.2. The van der Waals surface area contributed by atoms with Crippen LogP contribution in [-0.2, 0) is 4.79 Å². The summed E-state index contributed by atoms with van der Waals surface area (Å²) in [7, 11) is 0. The molecular weight excluding hydrogens is 234 g/mol. The van der Waals surface area contributed by atoms with E-state index >= 15 is 0 Å². The quantitative estimate of drug-likeness (QED) is 0.786. The fourth-order valence-electron chi connectivity index (χ4n) is 2.27. The number of carbonyl (C=O) groups is 1. The zero-order valence-corrected chi connectivity index (χ0v) is 12.0. The van der Waals surface area contributed by atoms with E-state index in [1.54, 1.807) is 11.8 Å².